The number of carbonyl (C=O) groups is 1. The Bertz CT molecular complexity index is 742. The summed E-state index contributed by atoms with van der Waals surface area (Å²) >= 11 is 0. The van der Waals surface area contributed by atoms with Crippen molar-refractivity contribution < 1.29 is 14.3 Å². The van der Waals surface area contributed by atoms with Crippen molar-refractivity contribution in [2.45, 2.75) is 26.8 Å². The second kappa shape index (κ2) is 9.20. The highest BCUT2D eigenvalue weighted by atomic mass is 16.5. The maximum atomic E-state index is 13.0. The molecular formula is C20H27N3O3. The van der Waals surface area contributed by atoms with Gasteiger partial charge in [0.15, 0.2) is 0 Å². The molecule has 0 radical (unpaired) electrons. The van der Waals surface area contributed by atoms with E-state index >= 15 is 0 Å². The van der Waals surface area contributed by atoms with Crippen LogP contribution in [0.5, 0.6) is 11.5 Å². The molecule has 1 aromatic heterocycles. The molecule has 0 bridgehead atoms. The number of aryl methyl sites for hydroxylation is 2. The third-order valence-corrected chi connectivity index (χ3v) is 3.92. The standard InChI is InChI=1S/C20H27N3O3/c1-14-10-15(2)22-16(11-14)13-23(3)20(24)18-12-17(25-4)6-7-19(18)26-9-5-8-21/h6-7,10-12H,5,8-9,13,21H2,1-4H3. The largest absolute Gasteiger partial charge is 0.497 e. The smallest absolute Gasteiger partial charge is 0.257 e. The minimum atomic E-state index is -0.146. The van der Waals surface area contributed by atoms with Gasteiger partial charge in [-0.05, 0) is 62.7 Å². The fourth-order valence-electron chi connectivity index (χ4n) is 2.72. The van der Waals surface area contributed by atoms with Crippen LogP contribution < -0.4 is 15.2 Å². The average molecular weight is 357 g/mol. The van der Waals surface area contributed by atoms with Crippen molar-refractivity contribution in [3.8, 4) is 11.5 Å². The van der Waals surface area contributed by atoms with Gasteiger partial charge in [-0.3, -0.25) is 9.78 Å². The normalized spacial score (nSPS) is 10.5. The van der Waals surface area contributed by atoms with Crippen molar-refractivity contribution in [2.75, 3.05) is 27.3 Å². The van der Waals surface area contributed by atoms with Gasteiger partial charge in [-0.15, -0.1) is 0 Å². The molecule has 140 valence electrons. The van der Waals surface area contributed by atoms with Gasteiger partial charge in [0, 0.05) is 12.7 Å². The molecule has 6 heteroatoms. The summed E-state index contributed by atoms with van der Waals surface area (Å²) in [6.07, 6.45) is 0.724. The third kappa shape index (κ3) is 5.20. The van der Waals surface area contributed by atoms with Gasteiger partial charge in [-0.2, -0.15) is 0 Å². The number of carbonyl (C=O) groups excluding carboxylic acids is 1. The molecule has 0 spiro atoms. The van der Waals surface area contributed by atoms with Gasteiger partial charge >= 0.3 is 0 Å². The number of hydrogen-bond donors (Lipinski definition) is 1. The summed E-state index contributed by atoms with van der Waals surface area (Å²) in [5.74, 6) is 0.995. The molecule has 6 nitrogen and oxygen atoms in total. The fourth-order valence-corrected chi connectivity index (χ4v) is 2.72. The van der Waals surface area contributed by atoms with E-state index in [-0.39, 0.29) is 5.91 Å². The van der Waals surface area contributed by atoms with Crippen LogP contribution in [0.2, 0.25) is 0 Å². The van der Waals surface area contributed by atoms with Gasteiger partial charge in [-0.25, -0.2) is 0 Å². The number of rotatable bonds is 8. The van der Waals surface area contributed by atoms with Crippen LogP contribution in [-0.4, -0.2) is 43.1 Å². The van der Waals surface area contributed by atoms with Crippen LogP contribution in [0.15, 0.2) is 30.3 Å². The van der Waals surface area contributed by atoms with Crippen LogP contribution in [-0.2, 0) is 6.54 Å². The van der Waals surface area contributed by atoms with E-state index in [0.717, 1.165) is 23.4 Å². The molecule has 2 N–H and O–H groups in total. The van der Waals surface area contributed by atoms with Crippen LogP contribution >= 0.6 is 0 Å². The van der Waals surface area contributed by atoms with Gasteiger partial charge < -0.3 is 20.1 Å². The lowest BCUT2D eigenvalue weighted by Crippen LogP contribution is -2.27. The molecule has 2 aromatic rings. The molecular weight excluding hydrogens is 330 g/mol. The lowest BCUT2D eigenvalue weighted by molar-refractivity contribution is 0.0778. The number of nitrogens with two attached hydrogens (primary N) is 1. The van der Waals surface area contributed by atoms with E-state index in [4.69, 9.17) is 15.2 Å². The Morgan fingerprint density at radius 3 is 2.65 bits per heavy atom. The summed E-state index contributed by atoms with van der Waals surface area (Å²) in [4.78, 5) is 19.1. The Hall–Kier alpha value is -2.60. The van der Waals surface area contributed by atoms with Crippen molar-refractivity contribution in [3.05, 3.63) is 52.8 Å². The van der Waals surface area contributed by atoms with Gasteiger partial charge in [0.05, 0.1) is 31.5 Å². The van der Waals surface area contributed by atoms with Crippen molar-refractivity contribution >= 4 is 5.91 Å². The highest BCUT2D eigenvalue weighted by molar-refractivity contribution is 5.97. The van der Waals surface area contributed by atoms with E-state index in [1.807, 2.05) is 26.0 Å². The molecule has 0 unspecified atom stereocenters. The van der Waals surface area contributed by atoms with Crippen LogP contribution in [0, 0.1) is 13.8 Å². The molecule has 2 rings (SSSR count). The first-order valence-electron chi connectivity index (χ1n) is 8.65. The number of amides is 1. The molecule has 1 heterocycles. The van der Waals surface area contributed by atoms with Crippen LogP contribution in [0.25, 0.3) is 0 Å². The van der Waals surface area contributed by atoms with E-state index in [1.54, 1.807) is 37.3 Å². The van der Waals surface area contributed by atoms with Gasteiger partial charge in [0.25, 0.3) is 5.91 Å². The predicted octanol–water partition coefficient (Wildman–Crippen LogP) is 2.71. The number of pyridine rings is 1. The molecule has 0 aliphatic carbocycles. The highest BCUT2D eigenvalue weighted by Gasteiger charge is 2.19. The number of hydrogen-bond acceptors (Lipinski definition) is 5. The molecule has 1 amide bonds. The Kier molecular flexibility index (Phi) is 6.97. The number of methoxy groups -OCH3 is 1. The van der Waals surface area contributed by atoms with E-state index in [2.05, 4.69) is 4.98 Å². The van der Waals surface area contributed by atoms with Crippen LogP contribution in [0.4, 0.5) is 0 Å². The molecule has 0 aliphatic rings. The van der Waals surface area contributed by atoms with E-state index in [9.17, 15) is 4.79 Å². The summed E-state index contributed by atoms with van der Waals surface area (Å²) in [5.41, 5.74) is 8.90. The number of benzene rings is 1. The zero-order valence-electron chi connectivity index (χ0n) is 15.9. The van der Waals surface area contributed by atoms with Crippen molar-refractivity contribution in [3.63, 3.8) is 0 Å². The average Bonchev–Trinajstić information content (AvgIpc) is 2.60. The number of aromatic nitrogens is 1. The Balaban J connectivity index is 2.22. The second-order valence-electron chi connectivity index (χ2n) is 6.29. The van der Waals surface area contributed by atoms with E-state index in [1.165, 1.54) is 0 Å². The van der Waals surface area contributed by atoms with Crippen molar-refractivity contribution in [1.29, 1.82) is 0 Å². The maximum Gasteiger partial charge on any atom is 0.257 e. The molecule has 0 fully saturated rings. The van der Waals surface area contributed by atoms with Gasteiger partial charge in [0.2, 0.25) is 0 Å². The summed E-state index contributed by atoms with van der Waals surface area (Å²) in [6, 6.07) is 9.23. The van der Waals surface area contributed by atoms with Crippen molar-refractivity contribution in [2.24, 2.45) is 5.73 Å². The number of nitrogens with zero attached hydrogens (tertiary/aromatic N) is 2. The minimum absolute atomic E-state index is 0.146. The highest BCUT2D eigenvalue weighted by Crippen LogP contribution is 2.26. The lowest BCUT2D eigenvalue weighted by Gasteiger charge is -2.20. The summed E-state index contributed by atoms with van der Waals surface area (Å²) in [7, 11) is 3.33. The molecule has 0 saturated carbocycles. The van der Waals surface area contributed by atoms with Gasteiger partial charge in [0.1, 0.15) is 11.5 Å². The molecule has 0 saturated heterocycles. The van der Waals surface area contributed by atoms with Crippen LogP contribution in [0.3, 0.4) is 0 Å². The van der Waals surface area contributed by atoms with Gasteiger partial charge in [-0.1, -0.05) is 0 Å². The Morgan fingerprint density at radius 1 is 1.23 bits per heavy atom. The first-order valence-corrected chi connectivity index (χ1v) is 8.65. The third-order valence-electron chi connectivity index (χ3n) is 3.92. The molecule has 26 heavy (non-hydrogen) atoms. The minimum Gasteiger partial charge on any atom is -0.497 e. The topological polar surface area (TPSA) is 77.7 Å². The lowest BCUT2D eigenvalue weighted by atomic mass is 10.1. The summed E-state index contributed by atoms with van der Waals surface area (Å²) < 4.78 is 11.0. The number of ether oxygens (including phenoxy) is 2. The fraction of sp³-hybridized carbons (Fsp3) is 0.400. The SMILES string of the molecule is COc1ccc(OCCCN)c(C(=O)N(C)Cc2cc(C)cc(C)n2)c1. The maximum absolute atomic E-state index is 13.0. The summed E-state index contributed by atoms with van der Waals surface area (Å²) in [5, 5.41) is 0. The van der Waals surface area contributed by atoms with Crippen LogP contribution in [0.1, 0.15) is 33.7 Å². The van der Waals surface area contributed by atoms with Crippen molar-refractivity contribution in [1.82, 2.24) is 9.88 Å². The first-order chi connectivity index (χ1) is 12.4. The quantitative estimate of drug-likeness (QED) is 0.735. The zero-order valence-corrected chi connectivity index (χ0v) is 15.9. The summed E-state index contributed by atoms with van der Waals surface area (Å²) in [6.45, 7) is 5.39. The Morgan fingerprint density at radius 2 is 2.00 bits per heavy atom. The monoisotopic (exact) mass is 357 g/mol. The van der Waals surface area contributed by atoms with E-state index in [0.29, 0.717) is 36.8 Å². The first kappa shape index (κ1) is 19.7. The molecule has 0 aliphatic heterocycles. The zero-order chi connectivity index (χ0) is 19.1. The second-order valence-corrected chi connectivity index (χ2v) is 6.29. The Labute approximate surface area is 154 Å². The molecule has 0 atom stereocenters. The van der Waals surface area contributed by atoms with E-state index < -0.39 is 0 Å². The molecule has 1 aromatic carbocycles. The predicted molar refractivity (Wildman–Crippen MR) is 102 cm³/mol.